The lowest BCUT2D eigenvalue weighted by atomic mass is 9.81. The maximum absolute atomic E-state index is 2.57. The molecule has 10 aromatic rings. The standard InChI is InChI=1S/C65H60N2/c1-63(2,3)48-37-46-32-34-53-59-41-60(54-35-33-47(38-48)61(46)62(53)54)67(50-22-14-11-15-23-50)58-40-43(52-25-17-19-27-56(52)65(7,8)9)29-31-45(58)36-44-30-28-42(51-24-16-18-26-55(51)64(4,5)6)39-57(44)66(59)49-20-12-10-13-21-49/h10-35,37-41H,36H2,1-9H3. The van der Waals surface area contributed by atoms with Crippen molar-refractivity contribution in [1.82, 2.24) is 0 Å². The fourth-order valence-electron chi connectivity index (χ4n) is 10.8. The molecular weight excluding hydrogens is 809 g/mol. The van der Waals surface area contributed by atoms with E-state index in [-0.39, 0.29) is 16.2 Å². The Kier molecular flexibility index (Phi) is 9.98. The molecule has 0 aliphatic carbocycles. The zero-order valence-corrected chi connectivity index (χ0v) is 40.5. The molecule has 67 heavy (non-hydrogen) atoms. The Morgan fingerprint density at radius 3 is 1.18 bits per heavy atom. The number of fused-ring (bicyclic) bond motifs is 6. The van der Waals surface area contributed by atoms with E-state index >= 15 is 0 Å². The van der Waals surface area contributed by atoms with E-state index < -0.39 is 0 Å². The zero-order valence-electron chi connectivity index (χ0n) is 40.5. The van der Waals surface area contributed by atoms with Crippen LogP contribution in [0.15, 0.2) is 188 Å². The van der Waals surface area contributed by atoms with Gasteiger partial charge in [-0.15, -0.1) is 0 Å². The molecule has 1 aliphatic heterocycles. The second-order valence-electron chi connectivity index (χ2n) is 21.9. The van der Waals surface area contributed by atoms with Crippen molar-refractivity contribution in [2.75, 3.05) is 9.80 Å². The van der Waals surface area contributed by atoms with E-state index in [2.05, 4.69) is 260 Å². The predicted octanol–water partition coefficient (Wildman–Crippen LogP) is 18.7. The van der Waals surface area contributed by atoms with Gasteiger partial charge in [-0.2, -0.15) is 0 Å². The van der Waals surface area contributed by atoms with Crippen LogP contribution in [0.1, 0.15) is 90.1 Å². The quantitative estimate of drug-likeness (QED) is 0.163. The Labute approximate surface area is 397 Å². The average molecular weight is 869 g/mol. The Hall–Kier alpha value is -7.16. The molecule has 2 nitrogen and oxygen atoms in total. The van der Waals surface area contributed by atoms with Crippen molar-refractivity contribution < 1.29 is 0 Å². The van der Waals surface area contributed by atoms with Gasteiger partial charge >= 0.3 is 0 Å². The first-order valence-electron chi connectivity index (χ1n) is 24.1. The minimum Gasteiger partial charge on any atom is -0.309 e. The summed E-state index contributed by atoms with van der Waals surface area (Å²) in [4.78, 5) is 5.13. The van der Waals surface area contributed by atoms with Crippen LogP contribution in [-0.4, -0.2) is 0 Å². The average Bonchev–Trinajstić information content (AvgIpc) is 3.32. The fraction of sp³-hybridized carbons (Fsp3) is 0.200. The van der Waals surface area contributed by atoms with Crippen LogP contribution in [0.2, 0.25) is 0 Å². The summed E-state index contributed by atoms with van der Waals surface area (Å²) < 4.78 is 0. The van der Waals surface area contributed by atoms with Crippen LogP contribution in [0.25, 0.3) is 54.6 Å². The van der Waals surface area contributed by atoms with E-state index in [4.69, 9.17) is 0 Å². The number of nitrogens with zero attached hydrogens (tertiary/aromatic N) is 2. The fourth-order valence-corrected chi connectivity index (χ4v) is 10.8. The minimum atomic E-state index is -0.0354. The molecular formula is C65H60N2. The molecule has 330 valence electrons. The van der Waals surface area contributed by atoms with Crippen molar-refractivity contribution in [2.24, 2.45) is 0 Å². The third-order valence-corrected chi connectivity index (χ3v) is 14.2. The van der Waals surface area contributed by atoms with Crippen molar-refractivity contribution in [3.8, 4) is 22.3 Å². The van der Waals surface area contributed by atoms with E-state index in [0.717, 1.165) is 29.2 Å². The van der Waals surface area contributed by atoms with Crippen molar-refractivity contribution in [1.29, 1.82) is 0 Å². The molecule has 0 fully saturated rings. The second-order valence-corrected chi connectivity index (χ2v) is 21.9. The van der Waals surface area contributed by atoms with Gasteiger partial charge in [0.15, 0.2) is 0 Å². The largest absolute Gasteiger partial charge is 0.309 e. The summed E-state index contributed by atoms with van der Waals surface area (Å²) in [6.07, 6.45) is 0.732. The highest BCUT2D eigenvalue weighted by atomic mass is 15.2. The first kappa shape index (κ1) is 42.5. The third kappa shape index (κ3) is 7.35. The number of para-hydroxylation sites is 2. The molecule has 0 saturated heterocycles. The van der Waals surface area contributed by atoms with Gasteiger partial charge in [-0.3, -0.25) is 0 Å². The van der Waals surface area contributed by atoms with Crippen LogP contribution >= 0.6 is 0 Å². The topological polar surface area (TPSA) is 6.48 Å². The van der Waals surface area contributed by atoms with Crippen LogP contribution in [0.5, 0.6) is 0 Å². The van der Waals surface area contributed by atoms with Crippen molar-refractivity contribution in [2.45, 2.75) is 85.0 Å². The molecule has 0 saturated carbocycles. The highest BCUT2D eigenvalue weighted by molar-refractivity contribution is 6.29. The van der Waals surface area contributed by atoms with Gasteiger partial charge in [-0.25, -0.2) is 0 Å². The van der Waals surface area contributed by atoms with Gasteiger partial charge in [0.05, 0.1) is 22.7 Å². The normalized spacial score (nSPS) is 13.3. The van der Waals surface area contributed by atoms with Crippen molar-refractivity contribution >= 4 is 66.4 Å². The molecule has 0 unspecified atom stereocenters. The van der Waals surface area contributed by atoms with E-state index in [0.29, 0.717) is 0 Å². The predicted molar refractivity (Wildman–Crippen MR) is 289 cm³/mol. The summed E-state index contributed by atoms with van der Waals surface area (Å²) in [7, 11) is 0. The van der Waals surface area contributed by atoms with Crippen LogP contribution < -0.4 is 9.80 Å². The van der Waals surface area contributed by atoms with Crippen LogP contribution in [0, 0.1) is 0 Å². The SMILES string of the molecule is CC(C)(C)c1cc2ccc3c4cc(c5ccc(c1)c2c35)N(c1ccccc1)c1cc(-c2ccccc2C(C)(C)C)ccc1Cc1ccc(-c2ccccc2C(C)(C)C)cc1N4c1ccccc1. The number of hydrogen-bond donors (Lipinski definition) is 0. The molecule has 0 radical (unpaired) electrons. The van der Waals surface area contributed by atoms with Gasteiger partial charge in [0.1, 0.15) is 0 Å². The molecule has 0 N–H and O–H groups in total. The number of anilines is 6. The highest BCUT2D eigenvalue weighted by Gasteiger charge is 2.30. The summed E-state index contributed by atoms with van der Waals surface area (Å²) in [6, 6.07) is 71.5. The van der Waals surface area contributed by atoms with E-state index in [1.807, 2.05) is 0 Å². The van der Waals surface area contributed by atoms with Crippen molar-refractivity contribution in [3.63, 3.8) is 0 Å². The lowest BCUT2D eigenvalue weighted by Gasteiger charge is -2.36. The van der Waals surface area contributed by atoms with E-state index in [1.165, 1.54) is 93.8 Å². The Morgan fingerprint density at radius 2 is 0.761 bits per heavy atom. The molecule has 2 heteroatoms. The molecule has 0 aromatic heterocycles. The van der Waals surface area contributed by atoms with Gasteiger partial charge in [0, 0.05) is 34.0 Å². The third-order valence-electron chi connectivity index (χ3n) is 14.2. The van der Waals surface area contributed by atoms with Crippen molar-refractivity contribution in [3.05, 3.63) is 216 Å². The number of hydrogen-bond acceptors (Lipinski definition) is 2. The molecule has 2 bridgehead atoms. The van der Waals surface area contributed by atoms with Gasteiger partial charge in [-0.05, 0) is 125 Å². The number of benzene rings is 10. The van der Waals surface area contributed by atoms with E-state index in [9.17, 15) is 0 Å². The van der Waals surface area contributed by atoms with Gasteiger partial charge in [0.25, 0.3) is 0 Å². The van der Waals surface area contributed by atoms with Gasteiger partial charge in [0.2, 0.25) is 0 Å². The second kappa shape index (κ2) is 15.7. The van der Waals surface area contributed by atoms with Crippen LogP contribution in [0.3, 0.4) is 0 Å². The van der Waals surface area contributed by atoms with Gasteiger partial charge in [-0.1, -0.05) is 208 Å². The zero-order chi connectivity index (χ0) is 46.4. The first-order chi connectivity index (χ1) is 32.1. The summed E-state index contributed by atoms with van der Waals surface area (Å²) in [5.74, 6) is 0. The molecule has 1 heterocycles. The maximum atomic E-state index is 2.57. The lowest BCUT2D eigenvalue weighted by molar-refractivity contribution is 0.591. The van der Waals surface area contributed by atoms with Crippen LogP contribution in [-0.2, 0) is 22.7 Å². The highest BCUT2D eigenvalue weighted by Crippen LogP contribution is 2.53. The summed E-state index contributed by atoms with van der Waals surface area (Å²) >= 11 is 0. The summed E-state index contributed by atoms with van der Waals surface area (Å²) in [6.45, 7) is 20.9. The Bertz CT molecular complexity index is 3270. The molecule has 0 amide bonds. The first-order valence-corrected chi connectivity index (χ1v) is 24.1. The maximum Gasteiger partial charge on any atom is 0.0561 e. The molecule has 0 atom stereocenters. The number of rotatable bonds is 4. The minimum absolute atomic E-state index is 0.00600. The van der Waals surface area contributed by atoms with Crippen LogP contribution in [0.4, 0.5) is 34.1 Å². The lowest BCUT2D eigenvalue weighted by Crippen LogP contribution is -2.19. The van der Waals surface area contributed by atoms with E-state index in [1.54, 1.807) is 0 Å². The summed E-state index contributed by atoms with van der Waals surface area (Å²) in [5, 5.41) is 7.62. The molecule has 11 rings (SSSR count). The molecule has 1 aliphatic rings. The molecule has 0 spiro atoms. The Morgan fingerprint density at radius 1 is 0.343 bits per heavy atom. The van der Waals surface area contributed by atoms with Gasteiger partial charge < -0.3 is 9.80 Å². The summed E-state index contributed by atoms with van der Waals surface area (Å²) in [5.41, 5.74) is 18.4. The monoisotopic (exact) mass is 868 g/mol. The smallest absolute Gasteiger partial charge is 0.0561 e. The molecule has 10 aromatic carbocycles. The Balaban J connectivity index is 1.31.